The minimum atomic E-state index is 0.660. The van der Waals surface area contributed by atoms with Gasteiger partial charge in [0.2, 0.25) is 0 Å². The van der Waals surface area contributed by atoms with Crippen molar-refractivity contribution in [3.8, 4) is 0 Å². The molecule has 0 aromatic carbocycles. The largest absolute Gasteiger partial charge is 0.380 e. The molecule has 90 valence electrons. The van der Waals surface area contributed by atoms with Crippen LogP contribution in [0.2, 0.25) is 0 Å². The van der Waals surface area contributed by atoms with Crippen molar-refractivity contribution in [3.63, 3.8) is 0 Å². The molecule has 1 aliphatic rings. The Morgan fingerprint density at radius 3 is 2.93 bits per heavy atom. The van der Waals surface area contributed by atoms with E-state index in [9.17, 15) is 0 Å². The van der Waals surface area contributed by atoms with Gasteiger partial charge in [-0.15, -0.1) is 0 Å². The van der Waals surface area contributed by atoms with Crippen LogP contribution in [0.1, 0.15) is 33.6 Å². The van der Waals surface area contributed by atoms with Gasteiger partial charge in [-0.3, -0.25) is 0 Å². The Bertz CT molecular complexity index is 164. The molecule has 1 saturated heterocycles. The molecule has 0 radical (unpaired) electrons. The van der Waals surface area contributed by atoms with E-state index < -0.39 is 0 Å². The smallest absolute Gasteiger partial charge is 0.0600 e. The molecule has 0 bridgehead atoms. The number of hydrogen-bond acceptors (Lipinski definition) is 3. The van der Waals surface area contributed by atoms with Gasteiger partial charge in [0, 0.05) is 17.9 Å². The summed E-state index contributed by atoms with van der Waals surface area (Å²) in [5.74, 6) is 2.03. The number of thioether (sulfide) groups is 1. The zero-order valence-corrected chi connectivity index (χ0v) is 11.1. The van der Waals surface area contributed by atoms with Gasteiger partial charge >= 0.3 is 0 Å². The average Bonchev–Trinajstić information content (AvgIpc) is 2.24. The third-order valence-electron chi connectivity index (χ3n) is 2.60. The van der Waals surface area contributed by atoms with Gasteiger partial charge in [0.1, 0.15) is 0 Å². The second-order valence-electron chi connectivity index (χ2n) is 4.69. The first-order valence-electron chi connectivity index (χ1n) is 6.16. The summed E-state index contributed by atoms with van der Waals surface area (Å²) in [5.41, 5.74) is 0. The third kappa shape index (κ3) is 5.23. The first-order valence-corrected chi connectivity index (χ1v) is 7.21. The summed E-state index contributed by atoms with van der Waals surface area (Å²) in [6, 6.07) is 0.669. The minimum Gasteiger partial charge on any atom is -0.380 e. The summed E-state index contributed by atoms with van der Waals surface area (Å²) < 4.78 is 5.56. The molecule has 1 fully saturated rings. The van der Waals surface area contributed by atoms with Gasteiger partial charge in [-0.1, -0.05) is 20.8 Å². The molecular weight excluding hydrogens is 206 g/mol. The van der Waals surface area contributed by atoms with E-state index in [4.69, 9.17) is 4.74 Å². The maximum atomic E-state index is 5.56. The standard InChI is InChI=1S/C12H25NOS/c1-4-6-13-11-5-7-14-8-12(11)15-9-10(2)3/h10-13H,4-9H2,1-3H3. The lowest BCUT2D eigenvalue weighted by Crippen LogP contribution is -2.45. The molecule has 1 aliphatic heterocycles. The fraction of sp³-hybridized carbons (Fsp3) is 1.00. The van der Waals surface area contributed by atoms with Crippen LogP contribution < -0.4 is 5.32 Å². The SMILES string of the molecule is CCCNC1CCOCC1SCC(C)C. The summed E-state index contributed by atoms with van der Waals surface area (Å²) in [6.45, 7) is 9.79. The van der Waals surface area contributed by atoms with E-state index in [-0.39, 0.29) is 0 Å². The molecule has 2 unspecified atom stereocenters. The molecule has 0 saturated carbocycles. The van der Waals surface area contributed by atoms with Gasteiger partial charge in [-0.2, -0.15) is 11.8 Å². The highest BCUT2D eigenvalue weighted by Crippen LogP contribution is 2.23. The van der Waals surface area contributed by atoms with Crippen LogP contribution in [-0.2, 0) is 4.74 Å². The zero-order valence-electron chi connectivity index (χ0n) is 10.3. The maximum Gasteiger partial charge on any atom is 0.0600 e. The molecular formula is C12H25NOS. The van der Waals surface area contributed by atoms with Crippen LogP contribution in [0.25, 0.3) is 0 Å². The van der Waals surface area contributed by atoms with Crippen molar-refractivity contribution in [3.05, 3.63) is 0 Å². The second-order valence-corrected chi connectivity index (χ2v) is 5.96. The van der Waals surface area contributed by atoms with Crippen LogP contribution in [-0.4, -0.2) is 36.8 Å². The second kappa shape index (κ2) is 7.53. The quantitative estimate of drug-likeness (QED) is 0.759. The lowest BCUT2D eigenvalue weighted by Gasteiger charge is -2.32. The Kier molecular flexibility index (Phi) is 6.69. The summed E-state index contributed by atoms with van der Waals surface area (Å²) in [5, 5.41) is 4.30. The normalized spacial score (nSPS) is 27.2. The van der Waals surface area contributed by atoms with Gasteiger partial charge in [-0.05, 0) is 31.1 Å². The predicted octanol–water partition coefficient (Wildman–Crippen LogP) is 2.53. The van der Waals surface area contributed by atoms with Crippen LogP contribution in [0, 0.1) is 5.92 Å². The molecule has 0 amide bonds. The maximum absolute atomic E-state index is 5.56. The van der Waals surface area contributed by atoms with Crippen LogP contribution in [0.3, 0.4) is 0 Å². The molecule has 1 rings (SSSR count). The Balaban J connectivity index is 2.29. The Morgan fingerprint density at radius 1 is 1.47 bits per heavy atom. The first kappa shape index (κ1) is 13.3. The molecule has 3 heteroatoms. The molecule has 0 aromatic rings. The number of rotatable bonds is 6. The molecule has 1 N–H and O–H groups in total. The van der Waals surface area contributed by atoms with E-state index in [1.807, 2.05) is 0 Å². The molecule has 0 spiro atoms. The number of nitrogens with one attached hydrogen (secondary N) is 1. The van der Waals surface area contributed by atoms with Crippen LogP contribution in [0.5, 0.6) is 0 Å². The topological polar surface area (TPSA) is 21.3 Å². The van der Waals surface area contributed by atoms with Gasteiger partial charge < -0.3 is 10.1 Å². The van der Waals surface area contributed by atoms with Crippen LogP contribution in [0.4, 0.5) is 0 Å². The highest BCUT2D eigenvalue weighted by atomic mass is 32.2. The Labute approximate surface area is 98.5 Å². The Hall–Kier alpha value is 0.270. The molecule has 0 aromatic heterocycles. The molecule has 15 heavy (non-hydrogen) atoms. The van der Waals surface area contributed by atoms with Crippen molar-refractivity contribution < 1.29 is 4.74 Å². The lowest BCUT2D eigenvalue weighted by molar-refractivity contribution is 0.0833. The first-order chi connectivity index (χ1) is 7.24. The van der Waals surface area contributed by atoms with Crippen LogP contribution in [0.15, 0.2) is 0 Å². The van der Waals surface area contributed by atoms with E-state index >= 15 is 0 Å². The van der Waals surface area contributed by atoms with E-state index in [0.29, 0.717) is 11.3 Å². The summed E-state index contributed by atoms with van der Waals surface area (Å²) in [7, 11) is 0. The van der Waals surface area contributed by atoms with Gasteiger partial charge in [-0.25, -0.2) is 0 Å². The Morgan fingerprint density at radius 2 is 2.27 bits per heavy atom. The summed E-state index contributed by atoms with van der Waals surface area (Å²) in [4.78, 5) is 0. The molecule has 1 heterocycles. The highest BCUT2D eigenvalue weighted by molar-refractivity contribution is 8.00. The number of hydrogen-bond donors (Lipinski definition) is 1. The van der Waals surface area contributed by atoms with Gasteiger partial charge in [0.05, 0.1) is 6.61 Å². The zero-order chi connectivity index (χ0) is 11.1. The highest BCUT2D eigenvalue weighted by Gasteiger charge is 2.25. The van der Waals surface area contributed by atoms with Crippen molar-refractivity contribution in [2.24, 2.45) is 5.92 Å². The summed E-state index contributed by atoms with van der Waals surface area (Å²) >= 11 is 2.08. The van der Waals surface area contributed by atoms with Crippen molar-refractivity contribution in [1.29, 1.82) is 0 Å². The van der Waals surface area contributed by atoms with E-state index in [0.717, 1.165) is 25.7 Å². The van der Waals surface area contributed by atoms with Gasteiger partial charge in [0.25, 0.3) is 0 Å². The fourth-order valence-corrected chi connectivity index (χ4v) is 3.04. The van der Waals surface area contributed by atoms with Crippen molar-refractivity contribution in [2.45, 2.75) is 44.9 Å². The average molecular weight is 231 g/mol. The monoisotopic (exact) mass is 231 g/mol. The van der Waals surface area contributed by atoms with E-state index in [2.05, 4.69) is 37.8 Å². The van der Waals surface area contributed by atoms with Crippen LogP contribution >= 0.6 is 11.8 Å². The number of ether oxygens (including phenoxy) is 1. The predicted molar refractivity (Wildman–Crippen MR) is 68.6 cm³/mol. The van der Waals surface area contributed by atoms with Gasteiger partial charge in [0.15, 0.2) is 0 Å². The summed E-state index contributed by atoms with van der Waals surface area (Å²) in [6.07, 6.45) is 2.40. The van der Waals surface area contributed by atoms with E-state index in [1.165, 1.54) is 18.6 Å². The van der Waals surface area contributed by atoms with Crippen molar-refractivity contribution in [2.75, 3.05) is 25.5 Å². The van der Waals surface area contributed by atoms with Crippen molar-refractivity contribution in [1.82, 2.24) is 5.32 Å². The lowest BCUT2D eigenvalue weighted by atomic mass is 10.1. The molecule has 0 aliphatic carbocycles. The fourth-order valence-electron chi connectivity index (χ4n) is 1.76. The molecule has 2 nitrogen and oxygen atoms in total. The minimum absolute atomic E-state index is 0.660. The molecule has 2 atom stereocenters. The van der Waals surface area contributed by atoms with Crippen molar-refractivity contribution >= 4 is 11.8 Å². The third-order valence-corrected chi connectivity index (χ3v) is 4.36. The van der Waals surface area contributed by atoms with E-state index in [1.54, 1.807) is 0 Å².